The molecule has 4 nitrogen and oxygen atoms in total. The van der Waals surface area contributed by atoms with Gasteiger partial charge < -0.3 is 9.84 Å². The van der Waals surface area contributed by atoms with Gasteiger partial charge >= 0.3 is 5.97 Å². The van der Waals surface area contributed by atoms with E-state index in [2.05, 4.69) is 4.98 Å². The third-order valence-electron chi connectivity index (χ3n) is 3.51. The van der Waals surface area contributed by atoms with Crippen LogP contribution >= 0.6 is 0 Å². The van der Waals surface area contributed by atoms with Crippen LogP contribution in [0.1, 0.15) is 25.5 Å². The van der Waals surface area contributed by atoms with Crippen LogP contribution in [0.15, 0.2) is 18.2 Å². The molecule has 4 heteroatoms. The summed E-state index contributed by atoms with van der Waals surface area (Å²) in [5.41, 5.74) is 0.0838. The second kappa shape index (κ2) is 4.35. The van der Waals surface area contributed by atoms with E-state index in [0.717, 1.165) is 18.5 Å². The first-order valence-electron chi connectivity index (χ1n) is 5.79. The number of pyridine rings is 1. The van der Waals surface area contributed by atoms with E-state index in [1.165, 1.54) is 0 Å². The number of carboxylic acid groups (broad SMARTS) is 1. The smallest absolute Gasteiger partial charge is 0.310 e. The van der Waals surface area contributed by atoms with Gasteiger partial charge in [-0.1, -0.05) is 6.07 Å². The van der Waals surface area contributed by atoms with Crippen molar-refractivity contribution in [3.63, 3.8) is 0 Å². The molecule has 1 aliphatic carbocycles. The summed E-state index contributed by atoms with van der Waals surface area (Å²) < 4.78 is 5.05. The van der Waals surface area contributed by atoms with E-state index in [0.29, 0.717) is 12.3 Å². The SMILES string of the molecule is COc1cccc(CC(C)(C(=O)O)C2CC2)n1. The summed E-state index contributed by atoms with van der Waals surface area (Å²) in [5, 5.41) is 9.37. The number of carbonyl (C=O) groups is 1. The zero-order valence-electron chi connectivity index (χ0n) is 10.1. The molecular formula is C13H17NO3. The van der Waals surface area contributed by atoms with Gasteiger partial charge in [-0.3, -0.25) is 4.79 Å². The number of carboxylic acids is 1. The van der Waals surface area contributed by atoms with Crippen molar-refractivity contribution in [2.75, 3.05) is 7.11 Å². The number of methoxy groups -OCH3 is 1. The summed E-state index contributed by atoms with van der Waals surface area (Å²) in [4.78, 5) is 15.7. The van der Waals surface area contributed by atoms with Crippen molar-refractivity contribution in [3.8, 4) is 5.88 Å². The van der Waals surface area contributed by atoms with Gasteiger partial charge in [-0.25, -0.2) is 4.98 Å². The van der Waals surface area contributed by atoms with E-state index in [4.69, 9.17) is 4.74 Å². The Balaban J connectivity index is 2.20. The maximum Gasteiger partial charge on any atom is 0.310 e. The fourth-order valence-corrected chi connectivity index (χ4v) is 2.16. The van der Waals surface area contributed by atoms with Crippen molar-refractivity contribution in [1.82, 2.24) is 4.98 Å². The number of hydrogen-bond donors (Lipinski definition) is 1. The van der Waals surface area contributed by atoms with Crippen molar-refractivity contribution in [2.24, 2.45) is 11.3 Å². The van der Waals surface area contributed by atoms with Crippen molar-refractivity contribution >= 4 is 5.97 Å². The topological polar surface area (TPSA) is 59.4 Å². The monoisotopic (exact) mass is 235 g/mol. The molecule has 2 rings (SSSR count). The quantitative estimate of drug-likeness (QED) is 0.849. The van der Waals surface area contributed by atoms with Gasteiger partial charge in [0, 0.05) is 18.2 Å². The maximum atomic E-state index is 11.4. The van der Waals surface area contributed by atoms with Gasteiger partial charge in [0.2, 0.25) is 5.88 Å². The normalized spacial score (nSPS) is 18.5. The average Bonchev–Trinajstić information content (AvgIpc) is 3.13. The van der Waals surface area contributed by atoms with Crippen LogP contribution in [0.3, 0.4) is 0 Å². The number of hydrogen-bond acceptors (Lipinski definition) is 3. The summed E-state index contributed by atoms with van der Waals surface area (Å²) in [6.07, 6.45) is 2.48. The molecule has 1 aliphatic rings. The van der Waals surface area contributed by atoms with Gasteiger partial charge in [-0.15, -0.1) is 0 Å². The molecule has 1 heterocycles. The molecule has 1 N–H and O–H groups in total. The molecule has 1 aromatic rings. The summed E-state index contributed by atoms with van der Waals surface area (Å²) in [5.74, 6) is 0.0867. The number of aliphatic carboxylic acids is 1. The standard InChI is InChI=1S/C13H17NO3/c1-13(12(15)16,9-6-7-9)8-10-4-3-5-11(14-10)17-2/h3-5,9H,6-8H2,1-2H3,(H,15,16). The van der Waals surface area contributed by atoms with E-state index in [1.54, 1.807) is 13.2 Å². The first kappa shape index (κ1) is 11.9. The lowest BCUT2D eigenvalue weighted by Gasteiger charge is -2.24. The van der Waals surface area contributed by atoms with Crippen LogP contribution in [0.5, 0.6) is 5.88 Å². The first-order chi connectivity index (χ1) is 8.06. The van der Waals surface area contributed by atoms with E-state index < -0.39 is 11.4 Å². The minimum atomic E-state index is -0.732. The summed E-state index contributed by atoms with van der Waals surface area (Å²) in [6.45, 7) is 1.81. The lowest BCUT2D eigenvalue weighted by Crippen LogP contribution is -2.32. The first-order valence-corrected chi connectivity index (χ1v) is 5.79. The number of nitrogens with zero attached hydrogens (tertiary/aromatic N) is 1. The molecule has 0 amide bonds. The van der Waals surface area contributed by atoms with Gasteiger partial charge in [0.15, 0.2) is 0 Å². The molecule has 1 unspecified atom stereocenters. The van der Waals surface area contributed by atoms with Crippen LogP contribution in [-0.4, -0.2) is 23.2 Å². The predicted octanol–water partition coefficient (Wildman–Crippen LogP) is 2.13. The van der Waals surface area contributed by atoms with E-state index in [1.807, 2.05) is 19.1 Å². The van der Waals surface area contributed by atoms with E-state index >= 15 is 0 Å². The molecule has 1 aromatic heterocycles. The number of rotatable bonds is 5. The minimum Gasteiger partial charge on any atom is -0.481 e. The fourth-order valence-electron chi connectivity index (χ4n) is 2.16. The van der Waals surface area contributed by atoms with Crippen LogP contribution in [0.4, 0.5) is 0 Å². The van der Waals surface area contributed by atoms with E-state index in [-0.39, 0.29) is 5.92 Å². The Hall–Kier alpha value is -1.58. The zero-order valence-corrected chi connectivity index (χ0v) is 10.1. The molecule has 0 spiro atoms. The number of aromatic nitrogens is 1. The number of ether oxygens (including phenoxy) is 1. The predicted molar refractivity (Wildman–Crippen MR) is 63.0 cm³/mol. The van der Waals surface area contributed by atoms with Crippen molar-refractivity contribution in [2.45, 2.75) is 26.2 Å². The van der Waals surface area contributed by atoms with Crippen LogP contribution in [0.2, 0.25) is 0 Å². The highest BCUT2D eigenvalue weighted by molar-refractivity contribution is 5.75. The van der Waals surface area contributed by atoms with Crippen LogP contribution in [-0.2, 0) is 11.2 Å². The molecule has 1 saturated carbocycles. The Morgan fingerprint density at radius 3 is 2.82 bits per heavy atom. The Morgan fingerprint density at radius 1 is 1.59 bits per heavy atom. The van der Waals surface area contributed by atoms with Crippen LogP contribution < -0.4 is 4.74 Å². The van der Waals surface area contributed by atoms with Gasteiger partial charge in [-0.2, -0.15) is 0 Å². The second-order valence-electron chi connectivity index (χ2n) is 4.84. The van der Waals surface area contributed by atoms with Gasteiger partial charge in [0.1, 0.15) is 0 Å². The minimum absolute atomic E-state index is 0.285. The Kier molecular flexibility index (Phi) is 3.05. The van der Waals surface area contributed by atoms with E-state index in [9.17, 15) is 9.90 Å². The van der Waals surface area contributed by atoms with Crippen LogP contribution in [0, 0.1) is 11.3 Å². The van der Waals surface area contributed by atoms with Crippen molar-refractivity contribution in [3.05, 3.63) is 23.9 Å². The van der Waals surface area contributed by atoms with Crippen molar-refractivity contribution in [1.29, 1.82) is 0 Å². The Labute approximate surface area is 101 Å². The highest BCUT2D eigenvalue weighted by Crippen LogP contribution is 2.47. The molecule has 0 radical (unpaired) electrons. The molecule has 0 aromatic carbocycles. The van der Waals surface area contributed by atoms with Gasteiger partial charge in [0.05, 0.1) is 12.5 Å². The molecule has 0 aliphatic heterocycles. The summed E-state index contributed by atoms with van der Waals surface area (Å²) >= 11 is 0. The fraction of sp³-hybridized carbons (Fsp3) is 0.538. The molecule has 17 heavy (non-hydrogen) atoms. The van der Waals surface area contributed by atoms with Crippen LogP contribution in [0.25, 0.3) is 0 Å². The Morgan fingerprint density at radius 2 is 2.29 bits per heavy atom. The lowest BCUT2D eigenvalue weighted by atomic mass is 9.80. The molecular weight excluding hydrogens is 218 g/mol. The molecule has 1 fully saturated rings. The lowest BCUT2D eigenvalue weighted by molar-refractivity contribution is -0.149. The highest BCUT2D eigenvalue weighted by atomic mass is 16.5. The van der Waals surface area contributed by atoms with Crippen molar-refractivity contribution < 1.29 is 14.6 Å². The summed E-state index contributed by atoms with van der Waals surface area (Å²) in [6, 6.07) is 5.46. The highest BCUT2D eigenvalue weighted by Gasteiger charge is 2.47. The second-order valence-corrected chi connectivity index (χ2v) is 4.84. The molecule has 0 bridgehead atoms. The molecule has 92 valence electrons. The molecule has 0 saturated heterocycles. The summed E-state index contributed by atoms with van der Waals surface area (Å²) in [7, 11) is 1.56. The largest absolute Gasteiger partial charge is 0.481 e. The average molecular weight is 235 g/mol. The van der Waals surface area contributed by atoms with Gasteiger partial charge in [0.25, 0.3) is 0 Å². The maximum absolute atomic E-state index is 11.4. The third kappa shape index (κ3) is 2.40. The molecule has 1 atom stereocenters. The Bertz CT molecular complexity index is 428. The van der Waals surface area contributed by atoms with Gasteiger partial charge in [-0.05, 0) is 31.7 Å². The third-order valence-corrected chi connectivity index (χ3v) is 3.51. The zero-order chi connectivity index (χ0) is 12.5.